The highest BCUT2D eigenvalue weighted by molar-refractivity contribution is 5.88. The van der Waals surface area contributed by atoms with E-state index in [-0.39, 0.29) is 18.2 Å². The van der Waals surface area contributed by atoms with Crippen LogP contribution in [0.3, 0.4) is 0 Å². The number of carbonyl (C=O) groups is 1. The van der Waals surface area contributed by atoms with E-state index in [1.165, 1.54) is 24.8 Å². The molecule has 1 spiro atoms. The van der Waals surface area contributed by atoms with E-state index in [0.717, 1.165) is 36.1 Å². The average Bonchev–Trinajstić information content (AvgIpc) is 3.22. The van der Waals surface area contributed by atoms with E-state index in [4.69, 9.17) is 9.47 Å². The molecule has 0 bridgehead atoms. The number of rotatable bonds is 3. The van der Waals surface area contributed by atoms with Crippen molar-refractivity contribution < 1.29 is 19.6 Å². The molecule has 5 rings (SSSR count). The van der Waals surface area contributed by atoms with Gasteiger partial charge in [-0.2, -0.15) is 5.10 Å². The molecule has 0 unspecified atom stereocenters. The van der Waals surface area contributed by atoms with Gasteiger partial charge in [-0.1, -0.05) is 30.7 Å². The topological polar surface area (TPSA) is 76.5 Å². The lowest BCUT2D eigenvalue weighted by atomic mass is 9.69. The molecule has 0 aromatic heterocycles. The third-order valence-corrected chi connectivity index (χ3v) is 6.81. The van der Waals surface area contributed by atoms with Crippen LogP contribution in [0.15, 0.2) is 47.6 Å². The summed E-state index contributed by atoms with van der Waals surface area (Å²) >= 11 is 0. The molecule has 2 aromatic carbocycles. The fourth-order valence-electron chi connectivity index (χ4n) is 5.34. The summed E-state index contributed by atoms with van der Waals surface area (Å²) in [6.07, 6.45) is 8.76. The number of quaternary nitrogens is 1. The smallest absolute Gasteiger partial charge is 0.305 e. The van der Waals surface area contributed by atoms with Crippen molar-refractivity contribution in [2.24, 2.45) is 5.10 Å². The van der Waals surface area contributed by atoms with Gasteiger partial charge in [-0.3, -0.25) is 4.79 Å². The summed E-state index contributed by atoms with van der Waals surface area (Å²) in [5.74, 6) is 1.34. The molecule has 3 aliphatic rings. The van der Waals surface area contributed by atoms with Gasteiger partial charge in [0.05, 0.1) is 6.21 Å². The van der Waals surface area contributed by atoms with Gasteiger partial charge in [-0.25, -0.2) is 5.43 Å². The third-order valence-electron chi connectivity index (χ3n) is 6.81. The van der Waals surface area contributed by atoms with Crippen LogP contribution in [-0.4, -0.2) is 24.5 Å². The van der Waals surface area contributed by atoms with Gasteiger partial charge in [0, 0.05) is 31.7 Å². The molecule has 2 aromatic rings. The number of benzene rings is 2. The van der Waals surface area contributed by atoms with Crippen molar-refractivity contribution in [2.75, 3.05) is 6.79 Å². The summed E-state index contributed by atoms with van der Waals surface area (Å²) in [4.78, 5) is 13.4. The van der Waals surface area contributed by atoms with Crippen LogP contribution in [0.2, 0.25) is 0 Å². The first kappa shape index (κ1) is 19.1. The Bertz CT molecular complexity index is 997. The lowest BCUT2D eigenvalue weighted by molar-refractivity contribution is -0.788. The van der Waals surface area contributed by atoms with E-state index >= 15 is 0 Å². The molecule has 2 heterocycles. The Labute approximate surface area is 176 Å². The minimum atomic E-state index is -0.696. The van der Waals surface area contributed by atoms with Gasteiger partial charge in [-0.15, -0.1) is 0 Å². The number of hydrogen-bond donors (Lipinski definition) is 2. The molecule has 1 aliphatic carbocycles. The highest BCUT2D eigenvalue weighted by Crippen LogP contribution is 2.36. The van der Waals surface area contributed by atoms with E-state index < -0.39 is 5.54 Å². The maximum absolute atomic E-state index is 13.4. The van der Waals surface area contributed by atoms with Crippen molar-refractivity contribution in [3.8, 4) is 11.5 Å². The lowest BCUT2D eigenvalue weighted by Gasteiger charge is -2.46. The number of nitrogens with zero attached hydrogens (tertiary/aromatic N) is 1. The summed E-state index contributed by atoms with van der Waals surface area (Å²) in [5.41, 5.74) is 5.45. The molecular weight excluding hydrogens is 378 g/mol. The Morgan fingerprint density at radius 1 is 1.10 bits per heavy atom. The van der Waals surface area contributed by atoms with E-state index in [2.05, 4.69) is 34.0 Å². The Hall–Kier alpha value is -2.86. The standard InChI is InChI=1S/C24H27N3O3/c1-23(22(28)26-25-15-17-9-10-20-21(13-17)30-16-29-20)19-8-4-3-7-18(19)14-24(27-23)11-5-2-6-12-24/h3-4,7-10,13,15,27H,2,5-6,11-12,14,16H2,1H3,(H,26,28)/p+1/b25-15-/t23-/m0/s1. The van der Waals surface area contributed by atoms with Crippen molar-refractivity contribution in [3.05, 3.63) is 59.2 Å². The SMILES string of the molecule is C[C@]1(C(=O)N/N=C\c2ccc3c(c2)OCO3)[NH2+]C2(CCCCC2)Cc2ccccc21. The molecule has 1 saturated carbocycles. The number of amides is 1. The Morgan fingerprint density at radius 2 is 1.90 bits per heavy atom. The first-order chi connectivity index (χ1) is 14.6. The minimum Gasteiger partial charge on any atom is -0.454 e. The monoisotopic (exact) mass is 406 g/mol. The Kier molecular flexibility index (Phi) is 4.74. The number of fused-ring (bicyclic) bond motifs is 2. The van der Waals surface area contributed by atoms with Crippen molar-refractivity contribution in [3.63, 3.8) is 0 Å². The molecule has 0 radical (unpaired) electrons. The normalized spacial score (nSPS) is 24.0. The van der Waals surface area contributed by atoms with Gasteiger partial charge in [0.15, 0.2) is 11.5 Å². The predicted molar refractivity (Wildman–Crippen MR) is 114 cm³/mol. The zero-order valence-electron chi connectivity index (χ0n) is 17.3. The van der Waals surface area contributed by atoms with Gasteiger partial charge in [-0.05, 0) is 42.2 Å². The number of nitrogens with two attached hydrogens (primary N) is 1. The van der Waals surface area contributed by atoms with Crippen LogP contribution in [0.5, 0.6) is 11.5 Å². The molecule has 6 heteroatoms. The summed E-state index contributed by atoms with van der Waals surface area (Å²) < 4.78 is 10.7. The van der Waals surface area contributed by atoms with E-state index in [9.17, 15) is 4.79 Å². The van der Waals surface area contributed by atoms with Crippen molar-refractivity contribution >= 4 is 12.1 Å². The van der Waals surface area contributed by atoms with Gasteiger partial charge >= 0.3 is 5.91 Å². The molecule has 1 fully saturated rings. The fourth-order valence-corrected chi connectivity index (χ4v) is 5.34. The molecule has 2 aliphatic heterocycles. The number of hydrogen-bond acceptors (Lipinski definition) is 4. The third kappa shape index (κ3) is 3.35. The highest BCUT2D eigenvalue weighted by Gasteiger charge is 2.52. The molecule has 156 valence electrons. The van der Waals surface area contributed by atoms with Crippen molar-refractivity contribution in [1.82, 2.24) is 5.43 Å². The van der Waals surface area contributed by atoms with Crippen LogP contribution < -0.4 is 20.2 Å². The van der Waals surface area contributed by atoms with E-state index in [0.29, 0.717) is 5.75 Å². The van der Waals surface area contributed by atoms with Gasteiger partial charge < -0.3 is 14.8 Å². The molecule has 0 saturated heterocycles. The highest BCUT2D eigenvalue weighted by atomic mass is 16.7. The molecule has 1 amide bonds. The summed E-state index contributed by atoms with van der Waals surface area (Å²) in [6.45, 7) is 2.27. The lowest BCUT2D eigenvalue weighted by Crippen LogP contribution is -3.08. The van der Waals surface area contributed by atoms with Crippen LogP contribution in [0.25, 0.3) is 0 Å². The zero-order valence-corrected chi connectivity index (χ0v) is 17.3. The summed E-state index contributed by atoms with van der Waals surface area (Å²) in [7, 11) is 0. The van der Waals surface area contributed by atoms with Crippen molar-refractivity contribution in [1.29, 1.82) is 0 Å². The Morgan fingerprint density at radius 3 is 2.77 bits per heavy atom. The van der Waals surface area contributed by atoms with E-state index in [1.54, 1.807) is 6.21 Å². The van der Waals surface area contributed by atoms with Crippen molar-refractivity contribution in [2.45, 2.75) is 56.5 Å². The van der Waals surface area contributed by atoms with Crippen LogP contribution in [0.4, 0.5) is 0 Å². The molecule has 6 nitrogen and oxygen atoms in total. The van der Waals surface area contributed by atoms with Crippen LogP contribution in [-0.2, 0) is 16.8 Å². The second-order valence-electron chi connectivity index (χ2n) is 8.92. The quantitative estimate of drug-likeness (QED) is 0.608. The Balaban J connectivity index is 1.38. The van der Waals surface area contributed by atoms with E-state index in [1.807, 2.05) is 31.2 Å². The number of hydrazone groups is 1. The maximum atomic E-state index is 13.4. The summed E-state index contributed by atoms with van der Waals surface area (Å²) in [6, 6.07) is 14.0. The first-order valence-corrected chi connectivity index (χ1v) is 10.8. The molecular formula is C24H28N3O3+. The van der Waals surface area contributed by atoms with Crippen LogP contribution >= 0.6 is 0 Å². The second kappa shape index (κ2) is 7.43. The average molecular weight is 407 g/mol. The number of carbonyl (C=O) groups excluding carboxylic acids is 1. The maximum Gasteiger partial charge on any atom is 0.305 e. The van der Waals surface area contributed by atoms with Gasteiger partial charge in [0.2, 0.25) is 12.3 Å². The first-order valence-electron chi connectivity index (χ1n) is 10.8. The van der Waals surface area contributed by atoms with Gasteiger partial charge in [0.1, 0.15) is 5.54 Å². The molecule has 1 atom stereocenters. The predicted octanol–water partition coefficient (Wildman–Crippen LogP) is 2.60. The fraction of sp³-hybridized carbons (Fsp3) is 0.417. The zero-order chi connectivity index (χ0) is 20.6. The van der Waals surface area contributed by atoms with Crippen LogP contribution in [0, 0.1) is 0 Å². The van der Waals surface area contributed by atoms with Crippen LogP contribution in [0.1, 0.15) is 55.7 Å². The summed E-state index contributed by atoms with van der Waals surface area (Å²) in [5, 5.41) is 6.58. The molecule has 3 N–H and O–H groups in total. The molecule has 30 heavy (non-hydrogen) atoms. The minimum absolute atomic E-state index is 0.0865. The van der Waals surface area contributed by atoms with Gasteiger partial charge in [0.25, 0.3) is 0 Å². The number of ether oxygens (including phenoxy) is 2. The second-order valence-corrected chi connectivity index (χ2v) is 8.92. The largest absolute Gasteiger partial charge is 0.454 e. The number of nitrogens with one attached hydrogen (secondary N) is 1.